The van der Waals surface area contributed by atoms with Crippen molar-refractivity contribution in [1.82, 2.24) is 14.9 Å². The molecule has 2 N–H and O–H groups in total. The van der Waals surface area contributed by atoms with Crippen molar-refractivity contribution in [3.8, 4) is 0 Å². The van der Waals surface area contributed by atoms with Crippen molar-refractivity contribution < 1.29 is 8.42 Å². The van der Waals surface area contributed by atoms with Crippen molar-refractivity contribution in [3.05, 3.63) is 0 Å². The standard InChI is InChI=1S/C11H25N3O2S/c1-4-13-17(15,16)8-6-12-11-5-7-14(9-11)10(2)3/h10-13H,4-9H2,1-3H3. The van der Waals surface area contributed by atoms with Gasteiger partial charge in [-0.1, -0.05) is 6.92 Å². The molecule has 1 fully saturated rings. The normalized spacial score (nSPS) is 22.5. The monoisotopic (exact) mass is 263 g/mol. The molecule has 17 heavy (non-hydrogen) atoms. The van der Waals surface area contributed by atoms with Crippen LogP contribution in [0.1, 0.15) is 27.2 Å². The van der Waals surface area contributed by atoms with Crippen molar-refractivity contribution >= 4 is 10.0 Å². The summed E-state index contributed by atoms with van der Waals surface area (Å²) in [5.41, 5.74) is 0. The number of hydrogen-bond donors (Lipinski definition) is 2. The Morgan fingerprint density at radius 3 is 2.65 bits per heavy atom. The third-order valence-corrected chi connectivity index (χ3v) is 4.59. The first kappa shape index (κ1) is 14.9. The van der Waals surface area contributed by atoms with Gasteiger partial charge >= 0.3 is 0 Å². The van der Waals surface area contributed by atoms with Crippen molar-refractivity contribution in [2.45, 2.75) is 39.3 Å². The summed E-state index contributed by atoms with van der Waals surface area (Å²) in [6.45, 7) is 9.31. The van der Waals surface area contributed by atoms with Crippen LogP contribution in [-0.2, 0) is 10.0 Å². The Morgan fingerprint density at radius 1 is 1.41 bits per heavy atom. The van der Waals surface area contributed by atoms with Crippen LogP contribution in [0.2, 0.25) is 0 Å². The van der Waals surface area contributed by atoms with Gasteiger partial charge in [-0.15, -0.1) is 0 Å². The van der Waals surface area contributed by atoms with Gasteiger partial charge in [-0.2, -0.15) is 0 Å². The number of rotatable bonds is 7. The van der Waals surface area contributed by atoms with Gasteiger partial charge < -0.3 is 5.32 Å². The van der Waals surface area contributed by atoms with E-state index < -0.39 is 10.0 Å². The number of likely N-dealkylation sites (tertiary alicyclic amines) is 1. The van der Waals surface area contributed by atoms with Crippen LogP contribution in [-0.4, -0.2) is 57.3 Å². The topological polar surface area (TPSA) is 61.4 Å². The number of sulfonamides is 1. The van der Waals surface area contributed by atoms with E-state index in [1.807, 2.05) is 0 Å². The highest BCUT2D eigenvalue weighted by atomic mass is 32.2. The lowest BCUT2D eigenvalue weighted by Crippen LogP contribution is -2.39. The second-order valence-corrected chi connectivity index (χ2v) is 6.77. The highest BCUT2D eigenvalue weighted by Gasteiger charge is 2.23. The van der Waals surface area contributed by atoms with Crippen molar-refractivity contribution in [2.24, 2.45) is 0 Å². The molecule has 0 bridgehead atoms. The fraction of sp³-hybridized carbons (Fsp3) is 1.00. The van der Waals surface area contributed by atoms with Crippen molar-refractivity contribution in [2.75, 3.05) is 31.9 Å². The molecule has 0 aromatic rings. The first-order valence-corrected chi connectivity index (χ1v) is 8.04. The van der Waals surface area contributed by atoms with Gasteiger partial charge in [0.25, 0.3) is 0 Å². The van der Waals surface area contributed by atoms with E-state index in [1.165, 1.54) is 0 Å². The maximum Gasteiger partial charge on any atom is 0.212 e. The summed E-state index contributed by atoms with van der Waals surface area (Å²) < 4.78 is 25.3. The molecule has 1 atom stereocenters. The van der Waals surface area contributed by atoms with E-state index in [-0.39, 0.29) is 5.75 Å². The second kappa shape index (κ2) is 6.68. The largest absolute Gasteiger partial charge is 0.312 e. The van der Waals surface area contributed by atoms with E-state index >= 15 is 0 Å². The van der Waals surface area contributed by atoms with Crippen molar-refractivity contribution in [1.29, 1.82) is 0 Å². The van der Waals surface area contributed by atoms with Crippen LogP contribution >= 0.6 is 0 Å². The summed E-state index contributed by atoms with van der Waals surface area (Å²) in [6.07, 6.45) is 1.11. The molecule has 1 saturated heterocycles. The Hall–Kier alpha value is -0.170. The molecular weight excluding hydrogens is 238 g/mol. The number of hydrogen-bond acceptors (Lipinski definition) is 4. The molecule has 0 saturated carbocycles. The van der Waals surface area contributed by atoms with E-state index in [2.05, 4.69) is 28.8 Å². The zero-order valence-corrected chi connectivity index (χ0v) is 11.9. The van der Waals surface area contributed by atoms with Gasteiger partial charge in [-0.3, -0.25) is 4.90 Å². The molecule has 1 aliphatic heterocycles. The van der Waals surface area contributed by atoms with Crippen LogP contribution in [0.4, 0.5) is 0 Å². The van der Waals surface area contributed by atoms with Crippen LogP contribution in [0.3, 0.4) is 0 Å². The van der Waals surface area contributed by atoms with E-state index in [1.54, 1.807) is 6.92 Å². The quantitative estimate of drug-likeness (QED) is 0.679. The molecule has 0 spiro atoms. The molecule has 0 aliphatic carbocycles. The zero-order valence-electron chi connectivity index (χ0n) is 11.1. The number of nitrogens with zero attached hydrogens (tertiary/aromatic N) is 1. The fourth-order valence-corrected chi connectivity index (χ4v) is 3.08. The van der Waals surface area contributed by atoms with Crippen LogP contribution < -0.4 is 10.0 Å². The Labute approximate surface area is 105 Å². The molecule has 0 aromatic carbocycles. The Balaban J connectivity index is 2.20. The third kappa shape index (κ3) is 5.33. The molecular formula is C11H25N3O2S. The molecule has 1 rings (SSSR count). The van der Waals surface area contributed by atoms with Gasteiger partial charge in [-0.25, -0.2) is 13.1 Å². The fourth-order valence-electron chi connectivity index (χ4n) is 2.11. The molecule has 1 unspecified atom stereocenters. The van der Waals surface area contributed by atoms with Gasteiger partial charge in [0.2, 0.25) is 10.0 Å². The van der Waals surface area contributed by atoms with E-state index in [4.69, 9.17) is 0 Å². The molecule has 0 aromatic heterocycles. The van der Waals surface area contributed by atoms with Gasteiger partial charge in [0.1, 0.15) is 0 Å². The molecule has 0 amide bonds. The maximum absolute atomic E-state index is 11.4. The second-order valence-electron chi connectivity index (χ2n) is 4.85. The van der Waals surface area contributed by atoms with Crippen LogP contribution in [0.15, 0.2) is 0 Å². The van der Waals surface area contributed by atoms with Crippen molar-refractivity contribution in [3.63, 3.8) is 0 Å². The molecule has 102 valence electrons. The molecule has 1 heterocycles. The van der Waals surface area contributed by atoms with Crippen LogP contribution in [0, 0.1) is 0 Å². The SMILES string of the molecule is CCNS(=O)(=O)CCNC1CCN(C(C)C)C1. The smallest absolute Gasteiger partial charge is 0.212 e. The highest BCUT2D eigenvalue weighted by Crippen LogP contribution is 2.11. The first-order chi connectivity index (χ1) is 7.94. The minimum atomic E-state index is -3.08. The molecule has 1 aliphatic rings. The maximum atomic E-state index is 11.4. The van der Waals surface area contributed by atoms with Gasteiger partial charge in [-0.05, 0) is 26.8 Å². The molecule has 6 heteroatoms. The minimum Gasteiger partial charge on any atom is -0.312 e. The number of nitrogens with one attached hydrogen (secondary N) is 2. The predicted molar refractivity (Wildman–Crippen MR) is 70.6 cm³/mol. The van der Waals surface area contributed by atoms with Crippen LogP contribution in [0.5, 0.6) is 0 Å². The first-order valence-electron chi connectivity index (χ1n) is 6.39. The Morgan fingerprint density at radius 2 is 2.12 bits per heavy atom. The van der Waals surface area contributed by atoms with E-state index in [0.29, 0.717) is 25.2 Å². The lowest BCUT2D eigenvalue weighted by atomic mass is 10.3. The molecule has 5 nitrogen and oxygen atoms in total. The van der Waals surface area contributed by atoms with Gasteiger partial charge in [0.15, 0.2) is 0 Å². The lowest BCUT2D eigenvalue weighted by molar-refractivity contribution is 0.268. The zero-order chi connectivity index (χ0) is 12.9. The lowest BCUT2D eigenvalue weighted by Gasteiger charge is -2.20. The van der Waals surface area contributed by atoms with E-state index in [0.717, 1.165) is 19.5 Å². The third-order valence-electron chi connectivity index (χ3n) is 3.12. The summed E-state index contributed by atoms with van der Waals surface area (Å²) in [4.78, 5) is 2.41. The highest BCUT2D eigenvalue weighted by molar-refractivity contribution is 7.89. The summed E-state index contributed by atoms with van der Waals surface area (Å²) in [5.74, 6) is 0.166. The summed E-state index contributed by atoms with van der Waals surface area (Å²) in [6, 6.07) is 1.02. The summed E-state index contributed by atoms with van der Waals surface area (Å²) >= 11 is 0. The summed E-state index contributed by atoms with van der Waals surface area (Å²) in [7, 11) is -3.08. The summed E-state index contributed by atoms with van der Waals surface area (Å²) in [5, 5.41) is 3.32. The van der Waals surface area contributed by atoms with Gasteiger partial charge in [0.05, 0.1) is 5.75 Å². The minimum absolute atomic E-state index is 0.166. The van der Waals surface area contributed by atoms with E-state index in [9.17, 15) is 8.42 Å². The predicted octanol–water partition coefficient (Wildman–Crippen LogP) is -0.00200. The van der Waals surface area contributed by atoms with Gasteiger partial charge in [0, 0.05) is 31.7 Å². The van der Waals surface area contributed by atoms with Crippen LogP contribution in [0.25, 0.3) is 0 Å². The molecule has 0 radical (unpaired) electrons. The average Bonchev–Trinajstić information content (AvgIpc) is 2.66. The average molecular weight is 263 g/mol. The Bertz CT molecular complexity index is 317. The Kier molecular flexibility index (Phi) is 5.85.